The fraction of sp³-hybridized carbons (Fsp3) is 0.391. The predicted molar refractivity (Wildman–Crippen MR) is 108 cm³/mol. The van der Waals surface area contributed by atoms with Crippen LogP contribution in [0.5, 0.6) is 11.5 Å². The molecule has 2 aromatic rings. The van der Waals surface area contributed by atoms with Gasteiger partial charge in [0, 0.05) is 12.5 Å². The Morgan fingerprint density at radius 1 is 0.893 bits per heavy atom. The zero-order chi connectivity index (χ0) is 20.3. The number of methoxy groups -OCH3 is 2. The van der Waals surface area contributed by atoms with Crippen molar-refractivity contribution in [3.05, 3.63) is 59.2 Å². The van der Waals surface area contributed by atoms with Crippen molar-refractivity contribution in [1.82, 2.24) is 4.90 Å². The minimum Gasteiger partial charge on any atom is -0.493 e. The highest BCUT2D eigenvalue weighted by Gasteiger charge is 2.44. The number of rotatable bonds is 7. The molecule has 0 aromatic heterocycles. The first kappa shape index (κ1) is 19.9. The van der Waals surface area contributed by atoms with Crippen LogP contribution in [0.3, 0.4) is 0 Å². The molecule has 0 N–H and O–H groups in total. The molecule has 0 unspecified atom stereocenters. The standard InChI is InChI=1S/C23H27NO4/c1-15-5-7-17(8-6-15)13-19-16(2)22(25)24(23(19)26)12-11-18-9-10-20(27-3)21(14-18)28-4/h5-10,14,16,19H,11-13H2,1-4H3/t16-,19-/m1/s1. The summed E-state index contributed by atoms with van der Waals surface area (Å²) in [5.41, 5.74) is 3.26. The Morgan fingerprint density at radius 2 is 1.54 bits per heavy atom. The largest absolute Gasteiger partial charge is 0.493 e. The van der Waals surface area contributed by atoms with Gasteiger partial charge in [-0.15, -0.1) is 0 Å². The number of benzene rings is 2. The number of carbonyl (C=O) groups is 2. The lowest BCUT2D eigenvalue weighted by atomic mass is 9.90. The lowest BCUT2D eigenvalue weighted by Crippen LogP contribution is -2.33. The average molecular weight is 381 g/mol. The number of amides is 2. The summed E-state index contributed by atoms with van der Waals surface area (Å²) in [6.45, 7) is 4.27. The van der Waals surface area contributed by atoms with Gasteiger partial charge < -0.3 is 9.47 Å². The van der Waals surface area contributed by atoms with Crippen LogP contribution in [-0.2, 0) is 22.4 Å². The summed E-state index contributed by atoms with van der Waals surface area (Å²) >= 11 is 0. The second-order valence-corrected chi connectivity index (χ2v) is 7.35. The summed E-state index contributed by atoms with van der Waals surface area (Å²) in [4.78, 5) is 27.0. The summed E-state index contributed by atoms with van der Waals surface area (Å²) in [6, 6.07) is 13.8. The van der Waals surface area contributed by atoms with E-state index in [0.717, 1.165) is 11.1 Å². The van der Waals surface area contributed by atoms with Crippen LogP contribution in [0.1, 0.15) is 23.6 Å². The lowest BCUT2D eigenvalue weighted by Gasteiger charge is -2.16. The van der Waals surface area contributed by atoms with E-state index in [1.54, 1.807) is 14.2 Å². The molecule has 1 aliphatic heterocycles. The zero-order valence-electron chi connectivity index (χ0n) is 16.9. The topological polar surface area (TPSA) is 55.8 Å². The van der Waals surface area contributed by atoms with Crippen LogP contribution < -0.4 is 9.47 Å². The van der Waals surface area contributed by atoms with Crippen molar-refractivity contribution in [3.63, 3.8) is 0 Å². The van der Waals surface area contributed by atoms with E-state index in [-0.39, 0.29) is 23.7 Å². The maximum Gasteiger partial charge on any atom is 0.233 e. The molecule has 2 aromatic carbocycles. The van der Waals surface area contributed by atoms with Crippen LogP contribution in [0.15, 0.2) is 42.5 Å². The van der Waals surface area contributed by atoms with Gasteiger partial charge in [0.05, 0.1) is 20.1 Å². The normalized spacial score (nSPS) is 19.2. The van der Waals surface area contributed by atoms with Gasteiger partial charge in [0.1, 0.15) is 0 Å². The molecule has 148 valence electrons. The number of likely N-dealkylation sites (tertiary alicyclic amines) is 1. The maximum atomic E-state index is 12.9. The van der Waals surface area contributed by atoms with E-state index in [1.807, 2.05) is 56.3 Å². The second-order valence-electron chi connectivity index (χ2n) is 7.35. The first-order valence-electron chi connectivity index (χ1n) is 9.56. The molecule has 5 nitrogen and oxygen atoms in total. The Bertz CT molecular complexity index is 859. The molecule has 0 saturated carbocycles. The van der Waals surface area contributed by atoms with Crippen molar-refractivity contribution < 1.29 is 19.1 Å². The van der Waals surface area contributed by atoms with E-state index >= 15 is 0 Å². The van der Waals surface area contributed by atoms with E-state index in [4.69, 9.17) is 9.47 Å². The first-order chi connectivity index (χ1) is 13.4. The van der Waals surface area contributed by atoms with Crippen molar-refractivity contribution in [1.29, 1.82) is 0 Å². The Balaban J connectivity index is 1.68. The quantitative estimate of drug-likeness (QED) is 0.690. The van der Waals surface area contributed by atoms with Gasteiger partial charge in [0.2, 0.25) is 11.8 Å². The molecule has 0 aliphatic carbocycles. The summed E-state index contributed by atoms with van der Waals surface area (Å²) in [5, 5.41) is 0. The number of carbonyl (C=O) groups excluding carboxylic acids is 2. The van der Waals surface area contributed by atoms with Gasteiger partial charge in [-0.05, 0) is 43.0 Å². The summed E-state index contributed by atoms with van der Waals surface area (Å²) < 4.78 is 10.6. The molecule has 0 radical (unpaired) electrons. The first-order valence-corrected chi connectivity index (χ1v) is 9.56. The van der Waals surface area contributed by atoms with Gasteiger partial charge >= 0.3 is 0 Å². The molecule has 3 rings (SSSR count). The summed E-state index contributed by atoms with van der Waals surface area (Å²) in [6.07, 6.45) is 1.18. The van der Waals surface area contributed by atoms with Crippen molar-refractivity contribution in [2.24, 2.45) is 11.8 Å². The highest BCUT2D eigenvalue weighted by Crippen LogP contribution is 2.31. The van der Waals surface area contributed by atoms with Gasteiger partial charge in [-0.3, -0.25) is 14.5 Å². The fourth-order valence-corrected chi connectivity index (χ4v) is 3.68. The number of hydrogen-bond acceptors (Lipinski definition) is 4. The van der Waals surface area contributed by atoms with Crippen LogP contribution in [0, 0.1) is 18.8 Å². The lowest BCUT2D eigenvalue weighted by molar-refractivity contribution is -0.139. The Kier molecular flexibility index (Phi) is 6.02. The van der Waals surface area contributed by atoms with Crippen molar-refractivity contribution in [2.45, 2.75) is 26.7 Å². The number of imide groups is 1. The third-order valence-corrected chi connectivity index (χ3v) is 5.49. The van der Waals surface area contributed by atoms with Crippen LogP contribution in [-0.4, -0.2) is 37.5 Å². The van der Waals surface area contributed by atoms with Gasteiger partial charge in [-0.25, -0.2) is 0 Å². The maximum absolute atomic E-state index is 12.9. The zero-order valence-corrected chi connectivity index (χ0v) is 16.9. The second kappa shape index (κ2) is 8.46. The van der Waals surface area contributed by atoms with Crippen molar-refractivity contribution in [2.75, 3.05) is 20.8 Å². The number of aryl methyl sites for hydroxylation is 1. The Hall–Kier alpha value is -2.82. The van der Waals surface area contributed by atoms with Crippen LogP contribution in [0.25, 0.3) is 0 Å². The highest BCUT2D eigenvalue weighted by atomic mass is 16.5. The SMILES string of the molecule is COc1ccc(CCN2C(=O)[C@H](C)[C@@H](Cc3ccc(C)cc3)C2=O)cc1OC. The molecule has 1 heterocycles. The molecule has 28 heavy (non-hydrogen) atoms. The van der Waals surface area contributed by atoms with Gasteiger partial charge in [0.15, 0.2) is 11.5 Å². The molecule has 1 saturated heterocycles. The molecule has 5 heteroatoms. The number of hydrogen-bond donors (Lipinski definition) is 0. The monoisotopic (exact) mass is 381 g/mol. The average Bonchev–Trinajstić information content (AvgIpc) is 2.91. The molecule has 1 aliphatic rings. The van der Waals surface area contributed by atoms with Crippen LogP contribution in [0.2, 0.25) is 0 Å². The number of ether oxygens (including phenoxy) is 2. The molecule has 2 atom stereocenters. The van der Waals surface area contributed by atoms with Crippen LogP contribution >= 0.6 is 0 Å². The van der Waals surface area contributed by atoms with Crippen molar-refractivity contribution in [3.8, 4) is 11.5 Å². The van der Waals surface area contributed by atoms with Gasteiger partial charge in [-0.1, -0.05) is 42.8 Å². The van der Waals surface area contributed by atoms with Gasteiger partial charge in [0.25, 0.3) is 0 Å². The van der Waals surface area contributed by atoms with E-state index in [2.05, 4.69) is 0 Å². The van der Waals surface area contributed by atoms with Gasteiger partial charge in [-0.2, -0.15) is 0 Å². The van der Waals surface area contributed by atoms with E-state index < -0.39 is 0 Å². The molecule has 0 spiro atoms. The minimum atomic E-state index is -0.292. The predicted octanol–water partition coefficient (Wildman–Crippen LogP) is 3.42. The molecule has 2 amide bonds. The van der Waals surface area contributed by atoms with Crippen molar-refractivity contribution >= 4 is 11.8 Å². The van der Waals surface area contributed by atoms with E-state index in [1.165, 1.54) is 10.5 Å². The molecular weight excluding hydrogens is 354 g/mol. The minimum absolute atomic E-state index is 0.0708. The molecular formula is C23H27NO4. The fourth-order valence-electron chi connectivity index (χ4n) is 3.68. The summed E-state index contributed by atoms with van der Waals surface area (Å²) in [7, 11) is 3.18. The molecule has 1 fully saturated rings. The Morgan fingerprint density at radius 3 is 2.18 bits per heavy atom. The smallest absolute Gasteiger partial charge is 0.233 e. The number of nitrogens with zero attached hydrogens (tertiary/aromatic N) is 1. The summed E-state index contributed by atoms with van der Waals surface area (Å²) in [5.74, 6) is 0.567. The van der Waals surface area contributed by atoms with Crippen LogP contribution in [0.4, 0.5) is 0 Å². The Labute approximate surface area is 166 Å². The third kappa shape index (κ3) is 4.03. The van der Waals surface area contributed by atoms with E-state index in [0.29, 0.717) is 30.9 Å². The van der Waals surface area contributed by atoms with E-state index in [9.17, 15) is 9.59 Å². The highest BCUT2D eigenvalue weighted by molar-refractivity contribution is 6.05. The third-order valence-electron chi connectivity index (χ3n) is 5.49. The molecule has 0 bridgehead atoms.